The Kier molecular flexibility index (Phi) is 7.65. The summed E-state index contributed by atoms with van der Waals surface area (Å²) in [6, 6.07) is 14.4. The molecule has 0 radical (unpaired) electrons. The van der Waals surface area contributed by atoms with E-state index in [-0.39, 0.29) is 29.9 Å². The number of benzene rings is 2. The number of nitrogens with one attached hydrogen (secondary N) is 1. The molecule has 0 aromatic heterocycles. The number of rotatable bonds is 5. The van der Waals surface area contributed by atoms with Crippen molar-refractivity contribution in [2.45, 2.75) is 39.8 Å². The minimum Gasteiger partial charge on any atom is -0.370 e. The molecule has 1 saturated heterocycles. The first-order valence-corrected chi connectivity index (χ1v) is 9.00. The number of likely N-dealkylation sites (tertiary alicyclic amines) is 1. The van der Waals surface area contributed by atoms with Crippen LogP contribution in [0.4, 0.5) is 5.69 Å². The summed E-state index contributed by atoms with van der Waals surface area (Å²) in [5, 5.41) is 3.15. The molecular formula is C21H27IN4O. The number of nitrogens with zero attached hydrogens (tertiary/aromatic N) is 2. The SMILES string of the molecule is Cc1cc(C)cc(NC(N)=NCc2cccc(CN3CCCC3=O)c2)c1.I. The Balaban J connectivity index is 0.00000261. The molecule has 0 bridgehead atoms. The Hall–Kier alpha value is -2.09. The van der Waals surface area contributed by atoms with E-state index in [0.29, 0.717) is 25.5 Å². The molecule has 5 nitrogen and oxygen atoms in total. The van der Waals surface area contributed by atoms with Gasteiger partial charge in [0.1, 0.15) is 0 Å². The van der Waals surface area contributed by atoms with Gasteiger partial charge in [0.2, 0.25) is 5.91 Å². The molecule has 3 rings (SSSR count). The smallest absolute Gasteiger partial charge is 0.222 e. The summed E-state index contributed by atoms with van der Waals surface area (Å²) >= 11 is 0. The molecule has 1 fully saturated rings. The fourth-order valence-electron chi connectivity index (χ4n) is 3.33. The van der Waals surface area contributed by atoms with E-state index in [1.54, 1.807) is 0 Å². The van der Waals surface area contributed by atoms with E-state index in [4.69, 9.17) is 5.73 Å². The summed E-state index contributed by atoms with van der Waals surface area (Å²) in [4.78, 5) is 18.1. The molecule has 2 aromatic rings. The Bertz CT molecular complexity index is 814. The monoisotopic (exact) mass is 478 g/mol. The minimum absolute atomic E-state index is 0. The van der Waals surface area contributed by atoms with Crippen LogP contribution in [0.2, 0.25) is 0 Å². The number of anilines is 1. The number of nitrogens with two attached hydrogens (primary N) is 1. The number of hydrogen-bond acceptors (Lipinski definition) is 2. The fraction of sp³-hybridized carbons (Fsp3) is 0.333. The average molecular weight is 478 g/mol. The normalized spacial score (nSPS) is 14.2. The molecule has 1 heterocycles. The number of aliphatic imine (C=N–C) groups is 1. The van der Waals surface area contributed by atoms with Crippen molar-refractivity contribution in [2.24, 2.45) is 10.7 Å². The predicted octanol–water partition coefficient (Wildman–Crippen LogP) is 3.97. The maximum Gasteiger partial charge on any atom is 0.222 e. The van der Waals surface area contributed by atoms with E-state index in [2.05, 4.69) is 42.4 Å². The van der Waals surface area contributed by atoms with E-state index in [0.717, 1.165) is 29.8 Å². The van der Waals surface area contributed by atoms with Gasteiger partial charge in [-0.3, -0.25) is 4.79 Å². The molecule has 0 spiro atoms. The topological polar surface area (TPSA) is 70.7 Å². The number of hydrogen-bond donors (Lipinski definition) is 2. The minimum atomic E-state index is 0. The maximum absolute atomic E-state index is 11.8. The number of carbonyl (C=O) groups is 1. The van der Waals surface area contributed by atoms with Crippen LogP contribution in [0.15, 0.2) is 47.5 Å². The van der Waals surface area contributed by atoms with Crippen molar-refractivity contribution < 1.29 is 4.79 Å². The Morgan fingerprint density at radius 3 is 2.52 bits per heavy atom. The lowest BCUT2D eigenvalue weighted by atomic mass is 10.1. The van der Waals surface area contributed by atoms with Crippen LogP contribution in [0.3, 0.4) is 0 Å². The first kappa shape index (κ1) is 21.2. The van der Waals surface area contributed by atoms with E-state index in [1.165, 1.54) is 11.1 Å². The lowest BCUT2D eigenvalue weighted by molar-refractivity contribution is -0.128. The van der Waals surface area contributed by atoms with Crippen LogP contribution < -0.4 is 11.1 Å². The van der Waals surface area contributed by atoms with Gasteiger partial charge in [-0.2, -0.15) is 0 Å². The number of aryl methyl sites for hydroxylation is 2. The molecule has 0 aliphatic carbocycles. The Morgan fingerprint density at radius 1 is 1.15 bits per heavy atom. The summed E-state index contributed by atoms with van der Waals surface area (Å²) in [5.74, 6) is 0.644. The van der Waals surface area contributed by atoms with Crippen molar-refractivity contribution in [3.63, 3.8) is 0 Å². The van der Waals surface area contributed by atoms with Crippen molar-refractivity contribution in [1.29, 1.82) is 0 Å². The first-order valence-electron chi connectivity index (χ1n) is 9.00. The van der Waals surface area contributed by atoms with Gasteiger partial charge in [0.25, 0.3) is 0 Å². The van der Waals surface area contributed by atoms with E-state index >= 15 is 0 Å². The molecule has 6 heteroatoms. The van der Waals surface area contributed by atoms with Crippen molar-refractivity contribution in [3.05, 3.63) is 64.7 Å². The lowest BCUT2D eigenvalue weighted by Gasteiger charge is -2.15. The van der Waals surface area contributed by atoms with Crippen molar-refractivity contribution in [2.75, 3.05) is 11.9 Å². The number of carbonyl (C=O) groups excluding carboxylic acids is 1. The molecule has 0 unspecified atom stereocenters. The third-order valence-electron chi connectivity index (χ3n) is 4.46. The molecular weight excluding hydrogens is 451 g/mol. The highest BCUT2D eigenvalue weighted by molar-refractivity contribution is 14.0. The zero-order chi connectivity index (χ0) is 18.5. The zero-order valence-electron chi connectivity index (χ0n) is 15.9. The van der Waals surface area contributed by atoms with Gasteiger partial charge in [-0.25, -0.2) is 4.99 Å². The third kappa shape index (κ3) is 6.23. The van der Waals surface area contributed by atoms with Gasteiger partial charge in [-0.15, -0.1) is 24.0 Å². The number of amides is 1. The third-order valence-corrected chi connectivity index (χ3v) is 4.46. The van der Waals surface area contributed by atoms with Crippen LogP contribution in [0.1, 0.15) is 35.1 Å². The summed E-state index contributed by atoms with van der Waals surface area (Å²) in [5.41, 5.74) is 11.6. The molecule has 2 aromatic carbocycles. The van der Waals surface area contributed by atoms with Crippen LogP contribution in [-0.2, 0) is 17.9 Å². The zero-order valence-corrected chi connectivity index (χ0v) is 18.2. The second-order valence-electron chi connectivity index (χ2n) is 6.94. The number of halogens is 1. The highest BCUT2D eigenvalue weighted by Crippen LogP contribution is 2.16. The molecule has 0 atom stereocenters. The maximum atomic E-state index is 11.8. The van der Waals surface area contributed by atoms with Crippen molar-refractivity contribution >= 4 is 41.5 Å². The molecule has 144 valence electrons. The summed E-state index contributed by atoms with van der Waals surface area (Å²) in [6.45, 7) is 6.15. The summed E-state index contributed by atoms with van der Waals surface area (Å²) < 4.78 is 0. The van der Waals surface area contributed by atoms with E-state index in [1.807, 2.05) is 29.2 Å². The summed E-state index contributed by atoms with van der Waals surface area (Å²) in [7, 11) is 0. The van der Waals surface area contributed by atoms with Gasteiger partial charge in [0.15, 0.2) is 5.96 Å². The van der Waals surface area contributed by atoms with Crippen LogP contribution in [-0.4, -0.2) is 23.3 Å². The molecule has 1 amide bonds. The predicted molar refractivity (Wildman–Crippen MR) is 121 cm³/mol. The van der Waals surface area contributed by atoms with Crippen LogP contribution >= 0.6 is 24.0 Å². The molecule has 27 heavy (non-hydrogen) atoms. The van der Waals surface area contributed by atoms with Crippen molar-refractivity contribution in [3.8, 4) is 0 Å². The molecule has 1 aliphatic heterocycles. The van der Waals surface area contributed by atoms with Crippen molar-refractivity contribution in [1.82, 2.24) is 4.90 Å². The first-order chi connectivity index (χ1) is 12.5. The second-order valence-corrected chi connectivity index (χ2v) is 6.94. The van der Waals surface area contributed by atoms with E-state index in [9.17, 15) is 4.79 Å². The fourth-order valence-corrected chi connectivity index (χ4v) is 3.33. The van der Waals surface area contributed by atoms with Gasteiger partial charge in [0.05, 0.1) is 6.54 Å². The summed E-state index contributed by atoms with van der Waals surface area (Å²) in [6.07, 6.45) is 1.63. The quantitative estimate of drug-likeness (QED) is 0.388. The molecule has 3 N–H and O–H groups in total. The van der Waals surface area contributed by atoms with Gasteiger partial charge in [-0.1, -0.05) is 30.3 Å². The highest BCUT2D eigenvalue weighted by atomic mass is 127. The van der Waals surface area contributed by atoms with Gasteiger partial charge in [0, 0.05) is 25.2 Å². The molecule has 0 saturated carbocycles. The largest absolute Gasteiger partial charge is 0.370 e. The Morgan fingerprint density at radius 2 is 1.85 bits per heavy atom. The van der Waals surface area contributed by atoms with E-state index < -0.39 is 0 Å². The standard InChI is InChI=1S/C21H26N4O.HI/c1-15-9-16(2)11-19(10-15)24-21(22)23-13-17-5-3-6-18(12-17)14-25-8-4-7-20(25)26;/h3,5-6,9-12H,4,7-8,13-14H2,1-2H3,(H3,22,23,24);1H. The van der Waals surface area contributed by atoms with Gasteiger partial charge < -0.3 is 16.0 Å². The van der Waals surface area contributed by atoms with Crippen LogP contribution in [0, 0.1) is 13.8 Å². The van der Waals surface area contributed by atoms with Gasteiger partial charge in [-0.05, 0) is 54.7 Å². The highest BCUT2D eigenvalue weighted by Gasteiger charge is 2.19. The Labute approximate surface area is 178 Å². The second kappa shape index (κ2) is 9.73. The molecule has 1 aliphatic rings. The van der Waals surface area contributed by atoms with Crippen LogP contribution in [0.5, 0.6) is 0 Å². The van der Waals surface area contributed by atoms with Crippen LogP contribution in [0.25, 0.3) is 0 Å². The average Bonchev–Trinajstić information content (AvgIpc) is 2.97. The van der Waals surface area contributed by atoms with Gasteiger partial charge >= 0.3 is 0 Å². The lowest BCUT2D eigenvalue weighted by Crippen LogP contribution is -2.24. The number of guanidine groups is 1.